The molecule has 7 heteroatoms. The zero-order chi connectivity index (χ0) is 23.6. The number of rotatable bonds is 7. The number of aromatic nitrogens is 2. The Morgan fingerprint density at radius 3 is 2.21 bits per heavy atom. The van der Waals surface area contributed by atoms with Gasteiger partial charge >= 0.3 is 6.09 Å². The van der Waals surface area contributed by atoms with Crippen LogP contribution in [-0.4, -0.2) is 39.8 Å². The maximum absolute atomic E-state index is 13.1. The summed E-state index contributed by atoms with van der Waals surface area (Å²) in [6, 6.07) is 15.1. The van der Waals surface area contributed by atoms with Crippen LogP contribution in [0.4, 0.5) is 4.79 Å². The molecule has 1 atom stereocenters. The SMILES string of the molecule is CC(C)(C)OC(=O)NCC(CC(=O)C(=O)c1c[nH]c2ccccc12)c1c[nH]c2ccccc12. The first kappa shape index (κ1) is 22.3. The Morgan fingerprint density at radius 1 is 0.909 bits per heavy atom. The van der Waals surface area contributed by atoms with Crippen LogP contribution in [0.5, 0.6) is 0 Å². The summed E-state index contributed by atoms with van der Waals surface area (Å²) < 4.78 is 5.34. The number of benzene rings is 2. The Bertz CT molecular complexity index is 1330. The van der Waals surface area contributed by atoms with Gasteiger partial charge in [0.2, 0.25) is 11.6 Å². The Morgan fingerprint density at radius 2 is 1.52 bits per heavy atom. The Balaban J connectivity index is 1.58. The van der Waals surface area contributed by atoms with Crippen LogP contribution >= 0.6 is 0 Å². The van der Waals surface area contributed by atoms with Gasteiger partial charge in [-0.3, -0.25) is 9.59 Å². The zero-order valence-electron chi connectivity index (χ0n) is 18.9. The Hall–Kier alpha value is -3.87. The first-order valence-electron chi connectivity index (χ1n) is 10.9. The number of ether oxygens (including phenoxy) is 1. The summed E-state index contributed by atoms with van der Waals surface area (Å²) in [5.74, 6) is -1.47. The van der Waals surface area contributed by atoms with E-state index in [4.69, 9.17) is 4.74 Å². The van der Waals surface area contributed by atoms with Crippen molar-refractivity contribution in [3.8, 4) is 0 Å². The highest BCUT2D eigenvalue weighted by molar-refractivity contribution is 6.45. The van der Waals surface area contributed by atoms with Crippen molar-refractivity contribution in [3.63, 3.8) is 0 Å². The van der Waals surface area contributed by atoms with Gasteiger partial charge in [-0.05, 0) is 38.5 Å². The molecular weight excluding hydrogens is 418 g/mol. The van der Waals surface area contributed by atoms with Crippen LogP contribution in [0.1, 0.15) is 49.0 Å². The van der Waals surface area contributed by atoms with Crippen LogP contribution in [0.2, 0.25) is 0 Å². The largest absolute Gasteiger partial charge is 0.444 e. The van der Waals surface area contributed by atoms with E-state index in [-0.39, 0.29) is 13.0 Å². The molecule has 1 amide bonds. The van der Waals surface area contributed by atoms with Crippen molar-refractivity contribution in [1.82, 2.24) is 15.3 Å². The molecule has 0 saturated heterocycles. The molecule has 0 saturated carbocycles. The second-order valence-corrected chi connectivity index (χ2v) is 9.07. The third kappa shape index (κ3) is 4.98. The molecule has 0 aliphatic heterocycles. The fraction of sp³-hybridized carbons (Fsp3) is 0.269. The normalized spacial score (nSPS) is 12.6. The molecule has 2 heterocycles. The van der Waals surface area contributed by atoms with E-state index in [1.807, 2.05) is 54.7 Å². The zero-order valence-corrected chi connectivity index (χ0v) is 18.9. The number of ketones is 2. The van der Waals surface area contributed by atoms with E-state index in [9.17, 15) is 14.4 Å². The van der Waals surface area contributed by atoms with Crippen molar-refractivity contribution < 1.29 is 19.1 Å². The maximum Gasteiger partial charge on any atom is 0.407 e. The summed E-state index contributed by atoms with van der Waals surface area (Å²) in [5, 5.41) is 4.42. The minimum absolute atomic E-state index is 0.0456. The van der Waals surface area contributed by atoms with E-state index >= 15 is 0 Å². The van der Waals surface area contributed by atoms with Crippen LogP contribution in [-0.2, 0) is 9.53 Å². The van der Waals surface area contributed by atoms with E-state index in [1.165, 1.54) is 0 Å². The molecule has 4 rings (SSSR count). The lowest BCUT2D eigenvalue weighted by atomic mass is 9.91. The molecule has 7 nitrogen and oxygen atoms in total. The maximum atomic E-state index is 13.1. The van der Waals surface area contributed by atoms with Gasteiger partial charge in [-0.1, -0.05) is 36.4 Å². The van der Waals surface area contributed by atoms with Crippen molar-refractivity contribution in [3.05, 3.63) is 72.1 Å². The molecule has 1 unspecified atom stereocenters. The highest BCUT2D eigenvalue weighted by atomic mass is 16.6. The molecule has 4 aromatic rings. The predicted molar refractivity (Wildman–Crippen MR) is 128 cm³/mol. The van der Waals surface area contributed by atoms with Crippen molar-refractivity contribution in [1.29, 1.82) is 0 Å². The minimum Gasteiger partial charge on any atom is -0.444 e. The summed E-state index contributed by atoms with van der Waals surface area (Å²) in [6.45, 7) is 5.51. The standard InChI is InChI=1S/C26H27N3O4/c1-26(2,3)33-25(32)29-13-16(19-14-27-21-10-6-4-8-17(19)21)12-23(30)24(31)20-15-28-22-11-7-5-9-18(20)22/h4-11,14-16,27-28H,12-13H2,1-3H3,(H,29,32). The van der Waals surface area contributed by atoms with Crippen molar-refractivity contribution in [2.75, 3.05) is 6.54 Å². The summed E-state index contributed by atoms with van der Waals surface area (Å²) in [6.07, 6.45) is 2.79. The average Bonchev–Trinajstić information content (AvgIpc) is 3.39. The highest BCUT2D eigenvalue weighted by Gasteiger charge is 2.27. The number of H-pyrrole nitrogens is 2. The minimum atomic E-state index is -0.637. The molecule has 3 N–H and O–H groups in total. The number of Topliss-reactive ketones (excluding diaryl/α,β-unsaturated/α-hetero) is 2. The monoisotopic (exact) mass is 445 g/mol. The van der Waals surface area contributed by atoms with Crippen LogP contribution in [0.3, 0.4) is 0 Å². The predicted octanol–water partition coefficient (Wildman–Crippen LogP) is 5.10. The summed E-state index contributed by atoms with van der Waals surface area (Å²) in [7, 11) is 0. The van der Waals surface area contributed by atoms with Crippen LogP contribution in [0, 0.1) is 0 Å². The highest BCUT2D eigenvalue weighted by Crippen LogP contribution is 2.29. The number of nitrogens with one attached hydrogen (secondary N) is 3. The van der Waals surface area contributed by atoms with E-state index in [0.29, 0.717) is 10.9 Å². The topological polar surface area (TPSA) is 104 Å². The quantitative estimate of drug-likeness (QED) is 0.272. The van der Waals surface area contributed by atoms with Crippen LogP contribution in [0.25, 0.3) is 21.8 Å². The van der Waals surface area contributed by atoms with Gasteiger partial charge in [-0.25, -0.2) is 4.79 Å². The molecule has 0 fully saturated rings. The average molecular weight is 446 g/mol. The van der Waals surface area contributed by atoms with Gasteiger partial charge in [0.25, 0.3) is 0 Å². The van der Waals surface area contributed by atoms with E-state index in [2.05, 4.69) is 15.3 Å². The number of carbonyl (C=O) groups is 3. The number of alkyl carbamates (subject to hydrolysis) is 1. The summed E-state index contributed by atoms with van der Waals surface area (Å²) >= 11 is 0. The molecule has 2 aromatic carbocycles. The van der Waals surface area contributed by atoms with E-state index < -0.39 is 29.2 Å². The van der Waals surface area contributed by atoms with Crippen molar-refractivity contribution in [2.45, 2.75) is 38.7 Å². The van der Waals surface area contributed by atoms with Gasteiger partial charge in [0.1, 0.15) is 5.60 Å². The first-order chi connectivity index (χ1) is 15.7. The van der Waals surface area contributed by atoms with Crippen LogP contribution < -0.4 is 5.32 Å². The van der Waals surface area contributed by atoms with Gasteiger partial charge in [0.15, 0.2) is 0 Å². The number of hydrogen-bond donors (Lipinski definition) is 3. The van der Waals surface area contributed by atoms with Crippen LogP contribution in [0.15, 0.2) is 60.9 Å². The molecule has 0 bridgehead atoms. The number of para-hydroxylation sites is 2. The lowest BCUT2D eigenvalue weighted by Gasteiger charge is -2.22. The fourth-order valence-corrected chi connectivity index (χ4v) is 3.97. The van der Waals surface area contributed by atoms with Crippen molar-refractivity contribution in [2.24, 2.45) is 0 Å². The van der Waals surface area contributed by atoms with Gasteiger partial charge in [-0.15, -0.1) is 0 Å². The summed E-state index contributed by atoms with van der Waals surface area (Å²) in [5.41, 5.74) is 2.30. The molecule has 170 valence electrons. The van der Waals surface area contributed by atoms with E-state index in [1.54, 1.807) is 27.0 Å². The number of carbonyl (C=O) groups excluding carboxylic acids is 3. The fourth-order valence-electron chi connectivity index (χ4n) is 3.97. The van der Waals surface area contributed by atoms with Gasteiger partial charge in [-0.2, -0.15) is 0 Å². The molecule has 0 aliphatic carbocycles. The van der Waals surface area contributed by atoms with Gasteiger partial charge in [0.05, 0.1) is 5.56 Å². The number of aromatic amines is 2. The van der Waals surface area contributed by atoms with Crippen molar-refractivity contribution >= 4 is 39.5 Å². The molecular formula is C26H27N3O4. The third-order valence-corrected chi connectivity index (χ3v) is 5.47. The molecule has 0 radical (unpaired) electrons. The molecule has 33 heavy (non-hydrogen) atoms. The smallest absolute Gasteiger partial charge is 0.407 e. The summed E-state index contributed by atoms with van der Waals surface area (Å²) in [4.78, 5) is 44.6. The first-order valence-corrected chi connectivity index (χ1v) is 10.9. The lowest BCUT2D eigenvalue weighted by Crippen LogP contribution is -2.35. The lowest BCUT2D eigenvalue weighted by molar-refractivity contribution is -0.115. The number of hydrogen-bond acceptors (Lipinski definition) is 4. The molecule has 0 spiro atoms. The number of amides is 1. The van der Waals surface area contributed by atoms with Gasteiger partial charge < -0.3 is 20.0 Å². The van der Waals surface area contributed by atoms with E-state index in [0.717, 1.165) is 22.0 Å². The Kier molecular flexibility index (Phi) is 6.05. The second kappa shape index (κ2) is 8.94. The molecule has 2 aromatic heterocycles. The third-order valence-electron chi connectivity index (χ3n) is 5.47. The second-order valence-electron chi connectivity index (χ2n) is 9.07. The van der Waals surface area contributed by atoms with Gasteiger partial charge in [0, 0.05) is 53.1 Å². The number of fused-ring (bicyclic) bond motifs is 2. The Labute approximate surface area is 191 Å². The molecule has 0 aliphatic rings.